The standard InChI is InChI=1S/C14H19N3S/c1-3-17(11-13-7-5-9-18-13)14-8-4-6-12(16-14)10-15-2/h4-9,15H,3,10-11H2,1-2H3. The van der Waals surface area contributed by atoms with Gasteiger partial charge in [0, 0.05) is 18.0 Å². The second-order valence-corrected chi connectivity index (χ2v) is 5.14. The van der Waals surface area contributed by atoms with Crippen LogP contribution in [0.25, 0.3) is 0 Å². The first-order chi connectivity index (χ1) is 8.83. The molecular weight excluding hydrogens is 242 g/mol. The van der Waals surface area contributed by atoms with Crippen LogP contribution in [0.1, 0.15) is 17.5 Å². The Labute approximate surface area is 112 Å². The van der Waals surface area contributed by atoms with Crippen LogP contribution in [0.4, 0.5) is 5.82 Å². The summed E-state index contributed by atoms with van der Waals surface area (Å²) in [5.41, 5.74) is 1.08. The molecule has 2 heterocycles. The van der Waals surface area contributed by atoms with E-state index < -0.39 is 0 Å². The van der Waals surface area contributed by atoms with Crippen molar-refractivity contribution in [1.29, 1.82) is 0 Å². The van der Waals surface area contributed by atoms with E-state index in [1.807, 2.05) is 7.05 Å². The third kappa shape index (κ3) is 3.31. The summed E-state index contributed by atoms with van der Waals surface area (Å²) in [6.07, 6.45) is 0. The van der Waals surface area contributed by atoms with E-state index in [4.69, 9.17) is 0 Å². The summed E-state index contributed by atoms with van der Waals surface area (Å²) >= 11 is 1.79. The number of rotatable bonds is 6. The average molecular weight is 261 g/mol. The molecule has 3 nitrogen and oxygen atoms in total. The van der Waals surface area contributed by atoms with Gasteiger partial charge in [0.15, 0.2) is 0 Å². The zero-order valence-electron chi connectivity index (χ0n) is 10.9. The van der Waals surface area contributed by atoms with Gasteiger partial charge in [0.2, 0.25) is 0 Å². The summed E-state index contributed by atoms with van der Waals surface area (Å²) in [7, 11) is 1.94. The summed E-state index contributed by atoms with van der Waals surface area (Å²) in [6, 6.07) is 10.5. The molecule has 0 aliphatic heterocycles. The third-order valence-corrected chi connectivity index (χ3v) is 3.64. The fourth-order valence-corrected chi connectivity index (χ4v) is 2.59. The lowest BCUT2D eigenvalue weighted by Crippen LogP contribution is -2.23. The van der Waals surface area contributed by atoms with Crippen molar-refractivity contribution < 1.29 is 0 Å². The lowest BCUT2D eigenvalue weighted by Gasteiger charge is -2.21. The molecule has 2 aromatic rings. The highest BCUT2D eigenvalue weighted by atomic mass is 32.1. The number of hydrogen-bond acceptors (Lipinski definition) is 4. The fraction of sp³-hybridized carbons (Fsp3) is 0.357. The molecule has 0 saturated heterocycles. The predicted octanol–water partition coefficient (Wildman–Crippen LogP) is 2.89. The van der Waals surface area contributed by atoms with Crippen LogP contribution in [0.15, 0.2) is 35.7 Å². The minimum atomic E-state index is 0.810. The summed E-state index contributed by atoms with van der Waals surface area (Å²) in [6.45, 7) is 4.88. The van der Waals surface area contributed by atoms with Gasteiger partial charge in [-0.15, -0.1) is 11.3 Å². The van der Waals surface area contributed by atoms with Crippen LogP contribution in [0.2, 0.25) is 0 Å². The number of hydrogen-bond donors (Lipinski definition) is 1. The molecule has 18 heavy (non-hydrogen) atoms. The lowest BCUT2D eigenvalue weighted by atomic mass is 10.3. The van der Waals surface area contributed by atoms with E-state index >= 15 is 0 Å². The van der Waals surface area contributed by atoms with Crippen LogP contribution in [-0.4, -0.2) is 18.6 Å². The van der Waals surface area contributed by atoms with Gasteiger partial charge in [-0.2, -0.15) is 0 Å². The van der Waals surface area contributed by atoms with Crippen LogP contribution >= 0.6 is 11.3 Å². The first kappa shape index (κ1) is 13.1. The highest BCUT2D eigenvalue weighted by Gasteiger charge is 2.07. The molecule has 0 spiro atoms. The summed E-state index contributed by atoms with van der Waals surface area (Å²) in [4.78, 5) is 8.35. The van der Waals surface area contributed by atoms with Crippen molar-refractivity contribution in [2.24, 2.45) is 0 Å². The van der Waals surface area contributed by atoms with Crippen molar-refractivity contribution in [3.8, 4) is 0 Å². The lowest BCUT2D eigenvalue weighted by molar-refractivity contribution is 0.771. The molecule has 0 amide bonds. The Morgan fingerprint density at radius 1 is 1.28 bits per heavy atom. The van der Waals surface area contributed by atoms with Crippen LogP contribution in [0, 0.1) is 0 Å². The van der Waals surface area contributed by atoms with E-state index in [0.717, 1.165) is 31.1 Å². The van der Waals surface area contributed by atoms with Crippen molar-refractivity contribution in [2.45, 2.75) is 20.0 Å². The molecule has 96 valence electrons. The molecule has 0 radical (unpaired) electrons. The summed E-state index contributed by atoms with van der Waals surface area (Å²) < 4.78 is 0. The summed E-state index contributed by atoms with van der Waals surface area (Å²) in [5.74, 6) is 1.05. The number of nitrogens with zero attached hydrogens (tertiary/aromatic N) is 2. The molecule has 0 saturated carbocycles. The maximum Gasteiger partial charge on any atom is 0.129 e. The van der Waals surface area contributed by atoms with E-state index in [1.165, 1.54) is 4.88 Å². The minimum Gasteiger partial charge on any atom is -0.352 e. The molecule has 4 heteroatoms. The Balaban J connectivity index is 2.13. The number of nitrogens with one attached hydrogen (secondary N) is 1. The van der Waals surface area contributed by atoms with E-state index in [1.54, 1.807) is 11.3 Å². The first-order valence-corrected chi connectivity index (χ1v) is 7.09. The molecule has 0 aliphatic carbocycles. The van der Waals surface area contributed by atoms with Crippen LogP contribution in [0.3, 0.4) is 0 Å². The average Bonchev–Trinajstić information content (AvgIpc) is 2.89. The largest absolute Gasteiger partial charge is 0.352 e. The second kappa shape index (κ2) is 6.52. The highest BCUT2D eigenvalue weighted by molar-refractivity contribution is 7.09. The van der Waals surface area contributed by atoms with Crippen molar-refractivity contribution >= 4 is 17.2 Å². The maximum atomic E-state index is 4.68. The third-order valence-electron chi connectivity index (χ3n) is 2.78. The molecule has 0 atom stereocenters. The normalized spacial score (nSPS) is 10.6. The maximum absolute atomic E-state index is 4.68. The van der Waals surface area contributed by atoms with Gasteiger partial charge >= 0.3 is 0 Å². The number of thiophene rings is 1. The SMILES string of the molecule is CCN(Cc1cccs1)c1cccc(CNC)n1. The molecule has 0 aromatic carbocycles. The van der Waals surface area contributed by atoms with Crippen LogP contribution < -0.4 is 10.2 Å². The molecule has 0 aliphatic rings. The topological polar surface area (TPSA) is 28.2 Å². The van der Waals surface area contributed by atoms with Crippen molar-refractivity contribution in [2.75, 3.05) is 18.5 Å². The van der Waals surface area contributed by atoms with E-state index in [9.17, 15) is 0 Å². The quantitative estimate of drug-likeness (QED) is 0.866. The van der Waals surface area contributed by atoms with Crippen molar-refractivity contribution in [3.05, 3.63) is 46.3 Å². The summed E-state index contributed by atoms with van der Waals surface area (Å²) in [5, 5.41) is 5.25. The van der Waals surface area contributed by atoms with Gasteiger partial charge in [-0.3, -0.25) is 0 Å². The molecule has 0 unspecified atom stereocenters. The molecule has 1 N–H and O–H groups in total. The van der Waals surface area contributed by atoms with E-state index in [2.05, 4.69) is 57.8 Å². The fourth-order valence-electron chi connectivity index (χ4n) is 1.87. The molecule has 2 rings (SSSR count). The molecule has 0 fully saturated rings. The van der Waals surface area contributed by atoms with Gasteiger partial charge in [0.25, 0.3) is 0 Å². The minimum absolute atomic E-state index is 0.810. The number of aromatic nitrogens is 1. The van der Waals surface area contributed by atoms with Gasteiger partial charge in [0.1, 0.15) is 5.82 Å². The Hall–Kier alpha value is -1.39. The molecule has 2 aromatic heterocycles. The smallest absolute Gasteiger partial charge is 0.129 e. The Morgan fingerprint density at radius 3 is 2.83 bits per heavy atom. The molecular formula is C14H19N3S. The number of anilines is 1. The predicted molar refractivity (Wildman–Crippen MR) is 78.0 cm³/mol. The Morgan fingerprint density at radius 2 is 2.17 bits per heavy atom. The second-order valence-electron chi connectivity index (χ2n) is 4.11. The number of pyridine rings is 1. The van der Waals surface area contributed by atoms with Crippen LogP contribution in [-0.2, 0) is 13.1 Å². The Bertz CT molecular complexity index is 468. The zero-order chi connectivity index (χ0) is 12.8. The monoisotopic (exact) mass is 261 g/mol. The van der Waals surface area contributed by atoms with Gasteiger partial charge < -0.3 is 10.2 Å². The van der Waals surface area contributed by atoms with Crippen molar-refractivity contribution in [3.63, 3.8) is 0 Å². The van der Waals surface area contributed by atoms with Gasteiger partial charge in [-0.25, -0.2) is 4.98 Å². The van der Waals surface area contributed by atoms with E-state index in [0.29, 0.717) is 0 Å². The van der Waals surface area contributed by atoms with Gasteiger partial charge in [-0.1, -0.05) is 12.1 Å². The van der Waals surface area contributed by atoms with Gasteiger partial charge in [-0.05, 0) is 37.6 Å². The molecule has 0 bridgehead atoms. The van der Waals surface area contributed by atoms with Crippen LogP contribution in [0.5, 0.6) is 0 Å². The zero-order valence-corrected chi connectivity index (χ0v) is 11.7. The Kier molecular flexibility index (Phi) is 4.73. The van der Waals surface area contributed by atoms with Crippen molar-refractivity contribution in [1.82, 2.24) is 10.3 Å². The van der Waals surface area contributed by atoms with Gasteiger partial charge in [0.05, 0.1) is 12.2 Å². The highest BCUT2D eigenvalue weighted by Crippen LogP contribution is 2.17. The van der Waals surface area contributed by atoms with E-state index in [-0.39, 0.29) is 0 Å². The first-order valence-electron chi connectivity index (χ1n) is 6.21.